The third-order valence-electron chi connectivity index (χ3n) is 2.39. The van der Waals surface area contributed by atoms with Crippen molar-refractivity contribution in [1.82, 2.24) is 4.98 Å². The van der Waals surface area contributed by atoms with E-state index in [1.807, 2.05) is 36.4 Å². The Morgan fingerprint density at radius 1 is 1.28 bits per heavy atom. The van der Waals surface area contributed by atoms with E-state index in [9.17, 15) is 0 Å². The van der Waals surface area contributed by atoms with Gasteiger partial charge in [0.05, 0.1) is 0 Å². The van der Waals surface area contributed by atoms with Crippen LogP contribution in [0.5, 0.6) is 0 Å². The first-order valence-corrected chi connectivity index (χ1v) is 6.38. The molecule has 0 aliphatic carbocycles. The monoisotopic (exact) mass is 259 g/mol. The van der Waals surface area contributed by atoms with Gasteiger partial charge in [0.25, 0.3) is 0 Å². The number of aromatic nitrogens is 1. The maximum Gasteiger partial charge on any atom is 0.170 e. The molecule has 4 nitrogen and oxygen atoms in total. The summed E-state index contributed by atoms with van der Waals surface area (Å²) in [6.45, 7) is 0. The molecule has 0 spiro atoms. The van der Waals surface area contributed by atoms with E-state index in [4.69, 9.17) is 10.9 Å². The second-order valence-corrected chi connectivity index (χ2v) is 4.71. The molecule has 92 valence electrons. The van der Waals surface area contributed by atoms with Crippen LogP contribution in [-0.2, 0) is 5.75 Å². The predicted molar refractivity (Wildman–Crippen MR) is 72.8 cm³/mol. The van der Waals surface area contributed by atoms with E-state index in [1.165, 1.54) is 4.90 Å². The van der Waals surface area contributed by atoms with Gasteiger partial charge in [-0.25, -0.2) is 0 Å². The number of hydrogen-bond donors (Lipinski definition) is 2. The lowest BCUT2D eigenvalue weighted by atomic mass is 10.1. The largest absolute Gasteiger partial charge is 0.409 e. The predicted octanol–water partition coefficient (Wildman–Crippen LogP) is 2.47. The summed E-state index contributed by atoms with van der Waals surface area (Å²) < 4.78 is 0. The summed E-state index contributed by atoms with van der Waals surface area (Å²) in [5.74, 6) is 0.960. The normalized spacial score (nSPS) is 11.4. The number of nitrogens with two attached hydrogens (primary N) is 1. The highest BCUT2D eigenvalue weighted by Gasteiger charge is 2.01. The van der Waals surface area contributed by atoms with Crippen molar-refractivity contribution in [2.75, 3.05) is 0 Å². The van der Waals surface area contributed by atoms with E-state index < -0.39 is 0 Å². The van der Waals surface area contributed by atoms with Gasteiger partial charge in [0.15, 0.2) is 5.84 Å². The van der Waals surface area contributed by atoms with Crippen LogP contribution in [0.2, 0.25) is 0 Å². The number of hydrogen-bond acceptors (Lipinski definition) is 4. The number of nitrogens with zero attached hydrogens (tertiary/aromatic N) is 2. The molecule has 0 atom stereocenters. The van der Waals surface area contributed by atoms with E-state index in [1.54, 1.807) is 24.2 Å². The number of rotatable bonds is 4. The smallest absolute Gasteiger partial charge is 0.170 e. The van der Waals surface area contributed by atoms with E-state index in [2.05, 4.69) is 10.1 Å². The molecule has 0 saturated carbocycles. The molecular formula is C13H13N3OS. The Morgan fingerprint density at radius 3 is 2.78 bits per heavy atom. The summed E-state index contributed by atoms with van der Waals surface area (Å²) in [5.41, 5.74) is 7.41. The second-order valence-electron chi connectivity index (χ2n) is 3.66. The highest BCUT2D eigenvalue weighted by atomic mass is 32.2. The van der Waals surface area contributed by atoms with Crippen LogP contribution >= 0.6 is 11.8 Å². The third kappa shape index (κ3) is 3.24. The standard InChI is InChI=1S/C13H13N3OS/c14-13(16-17)11-3-1-2-10(8-11)9-18-12-4-6-15-7-5-12/h1-8,17H,9H2,(H2,14,16). The van der Waals surface area contributed by atoms with Gasteiger partial charge < -0.3 is 10.9 Å². The first-order chi connectivity index (χ1) is 8.79. The van der Waals surface area contributed by atoms with Gasteiger partial charge in [0.2, 0.25) is 0 Å². The van der Waals surface area contributed by atoms with E-state index in [-0.39, 0.29) is 5.84 Å². The van der Waals surface area contributed by atoms with Crippen LogP contribution in [0.3, 0.4) is 0 Å². The molecule has 5 heteroatoms. The minimum absolute atomic E-state index is 0.130. The molecule has 0 radical (unpaired) electrons. The number of oxime groups is 1. The molecule has 0 amide bonds. The molecule has 0 fully saturated rings. The molecule has 1 heterocycles. The second kappa shape index (κ2) is 6.07. The fraction of sp³-hybridized carbons (Fsp3) is 0.0769. The van der Waals surface area contributed by atoms with Crippen LogP contribution in [0.15, 0.2) is 58.8 Å². The van der Waals surface area contributed by atoms with Gasteiger partial charge in [-0.05, 0) is 23.8 Å². The molecule has 0 saturated heterocycles. The molecule has 0 bridgehead atoms. The van der Waals surface area contributed by atoms with Crippen LogP contribution < -0.4 is 5.73 Å². The Balaban J connectivity index is 2.06. The van der Waals surface area contributed by atoms with Gasteiger partial charge in [-0.2, -0.15) is 0 Å². The molecule has 2 rings (SSSR count). The molecule has 1 aromatic carbocycles. The Bertz CT molecular complexity index is 543. The van der Waals surface area contributed by atoms with E-state index >= 15 is 0 Å². The Morgan fingerprint density at radius 2 is 2.06 bits per heavy atom. The fourth-order valence-electron chi connectivity index (χ4n) is 1.48. The average Bonchev–Trinajstić information content (AvgIpc) is 2.45. The van der Waals surface area contributed by atoms with Crippen molar-refractivity contribution in [3.8, 4) is 0 Å². The minimum Gasteiger partial charge on any atom is -0.409 e. The van der Waals surface area contributed by atoms with Crippen molar-refractivity contribution in [3.63, 3.8) is 0 Å². The zero-order valence-electron chi connectivity index (χ0n) is 9.65. The van der Waals surface area contributed by atoms with Crippen molar-refractivity contribution in [1.29, 1.82) is 0 Å². The van der Waals surface area contributed by atoms with Crippen molar-refractivity contribution in [3.05, 3.63) is 59.9 Å². The van der Waals surface area contributed by atoms with Crippen LogP contribution in [0.1, 0.15) is 11.1 Å². The molecular weight excluding hydrogens is 246 g/mol. The van der Waals surface area contributed by atoms with Crippen molar-refractivity contribution < 1.29 is 5.21 Å². The topological polar surface area (TPSA) is 71.5 Å². The lowest BCUT2D eigenvalue weighted by Gasteiger charge is -2.04. The number of amidine groups is 1. The van der Waals surface area contributed by atoms with E-state index in [0.717, 1.165) is 16.9 Å². The molecule has 0 aliphatic rings. The molecule has 3 N–H and O–H groups in total. The molecule has 0 unspecified atom stereocenters. The first-order valence-electron chi connectivity index (χ1n) is 5.39. The van der Waals surface area contributed by atoms with Gasteiger partial charge in [0, 0.05) is 28.6 Å². The average molecular weight is 259 g/mol. The summed E-state index contributed by atoms with van der Waals surface area (Å²) in [4.78, 5) is 5.14. The van der Waals surface area contributed by atoms with Crippen molar-refractivity contribution in [2.45, 2.75) is 10.6 Å². The summed E-state index contributed by atoms with van der Waals surface area (Å²) >= 11 is 1.72. The maximum absolute atomic E-state index is 8.64. The maximum atomic E-state index is 8.64. The number of pyridine rings is 1. The van der Waals surface area contributed by atoms with Crippen molar-refractivity contribution >= 4 is 17.6 Å². The fourth-order valence-corrected chi connectivity index (χ4v) is 2.31. The van der Waals surface area contributed by atoms with Gasteiger partial charge in [-0.3, -0.25) is 4.98 Å². The SMILES string of the molecule is NC(=NO)c1cccc(CSc2ccncc2)c1. The van der Waals surface area contributed by atoms with Gasteiger partial charge in [0.1, 0.15) is 0 Å². The molecule has 2 aromatic rings. The van der Waals surface area contributed by atoms with Gasteiger partial charge in [-0.15, -0.1) is 11.8 Å². The quantitative estimate of drug-likeness (QED) is 0.291. The minimum atomic E-state index is 0.130. The van der Waals surface area contributed by atoms with Gasteiger partial charge in [-0.1, -0.05) is 23.4 Å². The first kappa shape index (κ1) is 12.4. The van der Waals surface area contributed by atoms with Crippen LogP contribution in [-0.4, -0.2) is 16.0 Å². The zero-order valence-corrected chi connectivity index (χ0v) is 10.5. The van der Waals surface area contributed by atoms with Crippen molar-refractivity contribution in [2.24, 2.45) is 10.9 Å². The highest BCUT2D eigenvalue weighted by molar-refractivity contribution is 7.98. The lowest BCUT2D eigenvalue weighted by Crippen LogP contribution is -2.13. The zero-order chi connectivity index (χ0) is 12.8. The Hall–Kier alpha value is -2.01. The number of thioether (sulfide) groups is 1. The summed E-state index contributed by atoms with van der Waals surface area (Å²) in [5, 5.41) is 11.6. The molecule has 0 aliphatic heterocycles. The van der Waals surface area contributed by atoms with Gasteiger partial charge >= 0.3 is 0 Å². The van der Waals surface area contributed by atoms with E-state index in [0.29, 0.717) is 0 Å². The lowest BCUT2D eigenvalue weighted by molar-refractivity contribution is 0.318. The third-order valence-corrected chi connectivity index (χ3v) is 3.47. The van der Waals surface area contributed by atoms with Crippen LogP contribution in [0.25, 0.3) is 0 Å². The molecule has 1 aromatic heterocycles. The summed E-state index contributed by atoms with van der Waals surface area (Å²) in [7, 11) is 0. The van der Waals surface area contributed by atoms with Crippen LogP contribution in [0.4, 0.5) is 0 Å². The number of benzene rings is 1. The van der Waals surface area contributed by atoms with Crippen LogP contribution in [0, 0.1) is 0 Å². The Labute approximate surface area is 110 Å². The highest BCUT2D eigenvalue weighted by Crippen LogP contribution is 2.22. The summed E-state index contributed by atoms with van der Waals surface area (Å²) in [6.07, 6.45) is 3.55. The summed E-state index contributed by atoms with van der Waals surface area (Å²) in [6, 6.07) is 11.6. The molecule has 18 heavy (non-hydrogen) atoms. The Kier molecular flexibility index (Phi) is 4.20.